The van der Waals surface area contributed by atoms with Crippen LogP contribution in [0.1, 0.15) is 15.9 Å². The third-order valence-electron chi connectivity index (χ3n) is 4.65. The molecule has 9 heteroatoms. The molecule has 0 spiro atoms. The number of carbonyl (C=O) groups excluding carboxylic acids is 1. The minimum atomic E-state index is -3.55. The van der Waals surface area contributed by atoms with Crippen LogP contribution in [0.2, 0.25) is 0 Å². The zero-order valence-electron chi connectivity index (χ0n) is 15.4. The Morgan fingerprint density at radius 3 is 2.29 bits per heavy atom. The molecule has 28 heavy (non-hydrogen) atoms. The molecular weight excluding hydrogens is 388 g/mol. The monoisotopic (exact) mass is 409 g/mol. The molecule has 1 N–H and O–H groups in total. The third kappa shape index (κ3) is 4.54. The van der Waals surface area contributed by atoms with Gasteiger partial charge in [-0.3, -0.25) is 4.79 Å². The number of piperazine rings is 1. The predicted molar refractivity (Wildman–Crippen MR) is 100 cm³/mol. The van der Waals surface area contributed by atoms with Crippen LogP contribution in [0.15, 0.2) is 47.4 Å². The van der Waals surface area contributed by atoms with Crippen LogP contribution >= 0.6 is 0 Å². The molecule has 1 aliphatic heterocycles. The second-order valence-corrected chi connectivity index (χ2v) is 8.60. The summed E-state index contributed by atoms with van der Waals surface area (Å²) >= 11 is 0. The lowest BCUT2D eigenvalue weighted by Gasteiger charge is -2.31. The zero-order valence-corrected chi connectivity index (χ0v) is 16.2. The summed E-state index contributed by atoms with van der Waals surface area (Å²) in [5.74, 6) is -2.37. The maximum absolute atomic E-state index is 13.6. The van der Waals surface area contributed by atoms with Crippen LogP contribution in [0, 0.1) is 11.6 Å². The highest BCUT2D eigenvalue weighted by molar-refractivity contribution is 7.89. The van der Waals surface area contributed by atoms with Crippen molar-refractivity contribution < 1.29 is 22.0 Å². The van der Waals surface area contributed by atoms with Crippen LogP contribution in [-0.4, -0.2) is 56.8 Å². The van der Waals surface area contributed by atoms with Gasteiger partial charge in [-0.15, -0.1) is 0 Å². The number of amides is 1. The van der Waals surface area contributed by atoms with Crippen molar-refractivity contribution >= 4 is 15.9 Å². The first-order valence-electron chi connectivity index (χ1n) is 8.78. The van der Waals surface area contributed by atoms with Crippen LogP contribution in [0.25, 0.3) is 0 Å². The van der Waals surface area contributed by atoms with E-state index in [1.54, 1.807) is 12.1 Å². The van der Waals surface area contributed by atoms with Crippen LogP contribution in [0.4, 0.5) is 8.78 Å². The molecule has 1 heterocycles. The van der Waals surface area contributed by atoms with Crippen LogP contribution < -0.4 is 5.32 Å². The first kappa shape index (κ1) is 20.4. The van der Waals surface area contributed by atoms with E-state index in [-0.39, 0.29) is 17.0 Å². The van der Waals surface area contributed by atoms with E-state index in [1.807, 2.05) is 7.05 Å². The second kappa shape index (κ2) is 8.34. The minimum absolute atomic E-state index is 0.0878. The van der Waals surface area contributed by atoms with Gasteiger partial charge in [0, 0.05) is 38.8 Å². The minimum Gasteiger partial charge on any atom is -0.348 e. The van der Waals surface area contributed by atoms with Gasteiger partial charge in [0.2, 0.25) is 10.0 Å². The van der Waals surface area contributed by atoms with Crippen LogP contribution in [0.5, 0.6) is 0 Å². The molecule has 3 rings (SSSR count). The van der Waals surface area contributed by atoms with Gasteiger partial charge in [0.15, 0.2) is 0 Å². The smallest absolute Gasteiger partial charge is 0.254 e. The molecule has 1 aliphatic rings. The average Bonchev–Trinajstić information content (AvgIpc) is 2.67. The van der Waals surface area contributed by atoms with Gasteiger partial charge in [0.1, 0.15) is 11.6 Å². The highest BCUT2D eigenvalue weighted by atomic mass is 32.2. The second-order valence-electron chi connectivity index (χ2n) is 6.66. The average molecular weight is 409 g/mol. The topological polar surface area (TPSA) is 69.7 Å². The molecule has 6 nitrogen and oxygen atoms in total. The fourth-order valence-electron chi connectivity index (χ4n) is 2.91. The lowest BCUT2D eigenvalue weighted by molar-refractivity contribution is 0.0946. The molecule has 0 radical (unpaired) electrons. The molecule has 0 atom stereocenters. The first-order valence-corrected chi connectivity index (χ1v) is 10.2. The Hall–Kier alpha value is -2.36. The van der Waals surface area contributed by atoms with Crippen molar-refractivity contribution in [1.82, 2.24) is 14.5 Å². The van der Waals surface area contributed by atoms with E-state index >= 15 is 0 Å². The summed E-state index contributed by atoms with van der Waals surface area (Å²) in [4.78, 5) is 14.3. The lowest BCUT2D eigenvalue weighted by atomic mass is 10.2. The lowest BCUT2D eigenvalue weighted by Crippen LogP contribution is -2.47. The molecule has 0 unspecified atom stereocenters. The summed E-state index contributed by atoms with van der Waals surface area (Å²) in [5, 5.41) is 2.54. The van der Waals surface area contributed by atoms with E-state index in [4.69, 9.17) is 0 Å². The Morgan fingerprint density at radius 1 is 1.04 bits per heavy atom. The van der Waals surface area contributed by atoms with E-state index < -0.39 is 27.6 Å². The van der Waals surface area contributed by atoms with Gasteiger partial charge < -0.3 is 10.2 Å². The molecule has 1 fully saturated rings. The van der Waals surface area contributed by atoms with Crippen LogP contribution in [0.3, 0.4) is 0 Å². The maximum atomic E-state index is 13.6. The van der Waals surface area contributed by atoms with Crippen molar-refractivity contribution in [2.75, 3.05) is 33.2 Å². The van der Waals surface area contributed by atoms with Crippen molar-refractivity contribution in [1.29, 1.82) is 0 Å². The van der Waals surface area contributed by atoms with E-state index in [0.29, 0.717) is 37.8 Å². The van der Waals surface area contributed by atoms with Crippen molar-refractivity contribution in [2.45, 2.75) is 11.4 Å². The number of carbonyl (C=O) groups is 1. The Bertz CT molecular complexity index is 957. The number of nitrogens with zero attached hydrogens (tertiary/aromatic N) is 2. The number of sulfonamides is 1. The summed E-state index contributed by atoms with van der Waals surface area (Å²) in [6.45, 7) is 2.34. The maximum Gasteiger partial charge on any atom is 0.254 e. The molecular formula is C19H21F2N3O3S. The quantitative estimate of drug-likeness (QED) is 0.818. The molecule has 0 bridgehead atoms. The molecule has 2 aromatic rings. The van der Waals surface area contributed by atoms with E-state index in [9.17, 15) is 22.0 Å². The van der Waals surface area contributed by atoms with E-state index in [2.05, 4.69) is 10.2 Å². The van der Waals surface area contributed by atoms with E-state index in [0.717, 1.165) is 12.1 Å². The number of halogens is 2. The van der Waals surface area contributed by atoms with Crippen molar-refractivity contribution in [3.8, 4) is 0 Å². The summed E-state index contributed by atoms with van der Waals surface area (Å²) in [5.41, 5.74) is 0.406. The van der Waals surface area contributed by atoms with Gasteiger partial charge in [-0.05, 0) is 36.9 Å². The SMILES string of the molecule is CN1CCN(S(=O)(=O)c2ccc(CNC(=O)c3ccc(F)cc3F)cc2)CC1. The van der Waals surface area contributed by atoms with E-state index in [1.165, 1.54) is 16.4 Å². The Labute approximate surface area is 162 Å². The summed E-state index contributed by atoms with van der Waals surface area (Å²) in [7, 11) is -1.60. The fraction of sp³-hybridized carbons (Fsp3) is 0.316. The van der Waals surface area contributed by atoms with Crippen LogP contribution in [-0.2, 0) is 16.6 Å². The first-order chi connectivity index (χ1) is 13.3. The molecule has 0 aromatic heterocycles. The largest absolute Gasteiger partial charge is 0.348 e. The van der Waals surface area contributed by atoms with Crippen molar-refractivity contribution in [3.63, 3.8) is 0 Å². The summed E-state index contributed by atoms with van der Waals surface area (Å²) in [6.07, 6.45) is 0. The third-order valence-corrected chi connectivity index (χ3v) is 6.57. The van der Waals surface area contributed by atoms with Gasteiger partial charge in [-0.25, -0.2) is 17.2 Å². The zero-order chi connectivity index (χ0) is 20.3. The number of benzene rings is 2. The highest BCUT2D eigenvalue weighted by Gasteiger charge is 2.27. The molecule has 150 valence electrons. The predicted octanol–water partition coefficient (Wildman–Crippen LogP) is 1.83. The Morgan fingerprint density at radius 2 is 1.68 bits per heavy atom. The number of nitrogens with one attached hydrogen (secondary N) is 1. The Kier molecular flexibility index (Phi) is 6.07. The normalized spacial score (nSPS) is 16.1. The van der Waals surface area contributed by atoms with Gasteiger partial charge in [0.25, 0.3) is 5.91 Å². The van der Waals surface area contributed by atoms with Gasteiger partial charge in [-0.1, -0.05) is 12.1 Å². The number of hydrogen-bond acceptors (Lipinski definition) is 4. The summed E-state index contributed by atoms with van der Waals surface area (Å²) < 4.78 is 53.4. The van der Waals surface area contributed by atoms with Crippen molar-refractivity contribution in [3.05, 3.63) is 65.2 Å². The molecule has 0 saturated carbocycles. The molecule has 1 amide bonds. The van der Waals surface area contributed by atoms with Crippen molar-refractivity contribution in [2.24, 2.45) is 0 Å². The standard InChI is InChI=1S/C19H21F2N3O3S/c1-23-8-10-24(11-9-23)28(26,27)16-5-2-14(3-6-16)13-22-19(25)17-7-4-15(20)12-18(17)21/h2-7,12H,8-11,13H2,1H3,(H,22,25). The fourth-order valence-corrected chi connectivity index (χ4v) is 4.33. The number of likely N-dealkylation sites (N-methyl/N-ethyl adjacent to an activating group) is 1. The molecule has 1 saturated heterocycles. The van der Waals surface area contributed by atoms with Gasteiger partial charge in [-0.2, -0.15) is 4.31 Å². The Balaban J connectivity index is 1.63. The number of hydrogen-bond donors (Lipinski definition) is 1. The van der Waals surface area contributed by atoms with Gasteiger partial charge in [0.05, 0.1) is 10.5 Å². The molecule has 2 aromatic carbocycles. The summed E-state index contributed by atoms with van der Waals surface area (Å²) in [6, 6.07) is 8.92. The highest BCUT2D eigenvalue weighted by Crippen LogP contribution is 2.18. The molecule has 0 aliphatic carbocycles. The van der Waals surface area contributed by atoms with Gasteiger partial charge >= 0.3 is 0 Å². The number of rotatable bonds is 5.